The molecule has 6 heteroatoms. The summed E-state index contributed by atoms with van der Waals surface area (Å²) in [4.78, 5) is 25.0. The summed E-state index contributed by atoms with van der Waals surface area (Å²) >= 11 is 5.97. The standard InChI is InChI=1S/C15H21ClN2O3/c1-3-21-15(20)9-11-18(2)10-8-14(19)17-13-7-5-4-6-12(13)16/h4-7H,3,8-11H2,1-2H3,(H,17,19). The molecule has 0 saturated carbocycles. The van der Waals surface area contributed by atoms with Crippen molar-refractivity contribution >= 4 is 29.2 Å². The van der Waals surface area contributed by atoms with Crippen LogP contribution in [0.2, 0.25) is 5.02 Å². The lowest BCUT2D eigenvalue weighted by Gasteiger charge is -2.15. The normalized spacial score (nSPS) is 10.5. The number of para-hydroxylation sites is 1. The summed E-state index contributed by atoms with van der Waals surface area (Å²) in [7, 11) is 1.86. The largest absolute Gasteiger partial charge is 0.466 e. The minimum atomic E-state index is -0.218. The summed E-state index contributed by atoms with van der Waals surface area (Å²) in [6.07, 6.45) is 0.668. The van der Waals surface area contributed by atoms with Crippen LogP contribution in [0.1, 0.15) is 19.8 Å². The van der Waals surface area contributed by atoms with E-state index in [0.717, 1.165) is 0 Å². The van der Waals surface area contributed by atoms with Crippen LogP contribution in [0.15, 0.2) is 24.3 Å². The lowest BCUT2D eigenvalue weighted by Crippen LogP contribution is -2.27. The molecule has 21 heavy (non-hydrogen) atoms. The van der Waals surface area contributed by atoms with Gasteiger partial charge in [-0.2, -0.15) is 0 Å². The van der Waals surface area contributed by atoms with Gasteiger partial charge in [0.05, 0.1) is 23.7 Å². The minimum absolute atomic E-state index is 0.105. The summed E-state index contributed by atoms with van der Waals surface area (Å²) in [5, 5.41) is 3.28. The van der Waals surface area contributed by atoms with Gasteiger partial charge in [-0.15, -0.1) is 0 Å². The van der Waals surface area contributed by atoms with Gasteiger partial charge in [0.25, 0.3) is 0 Å². The number of carbonyl (C=O) groups is 2. The van der Waals surface area contributed by atoms with E-state index >= 15 is 0 Å². The molecule has 5 nitrogen and oxygen atoms in total. The molecule has 0 unspecified atom stereocenters. The Morgan fingerprint density at radius 2 is 1.90 bits per heavy atom. The molecule has 0 spiro atoms. The molecule has 0 radical (unpaired) electrons. The molecular formula is C15H21ClN2O3. The molecule has 0 saturated heterocycles. The van der Waals surface area contributed by atoms with Crippen molar-refractivity contribution in [2.45, 2.75) is 19.8 Å². The first-order valence-corrected chi connectivity index (χ1v) is 7.29. The van der Waals surface area contributed by atoms with E-state index in [4.69, 9.17) is 16.3 Å². The maximum Gasteiger partial charge on any atom is 0.307 e. The maximum atomic E-state index is 11.8. The molecule has 1 amide bonds. The van der Waals surface area contributed by atoms with Crippen molar-refractivity contribution in [2.75, 3.05) is 32.1 Å². The van der Waals surface area contributed by atoms with Crippen molar-refractivity contribution in [2.24, 2.45) is 0 Å². The van der Waals surface area contributed by atoms with Gasteiger partial charge in [-0.05, 0) is 26.1 Å². The molecule has 0 aliphatic rings. The second-order valence-corrected chi connectivity index (χ2v) is 5.04. The number of esters is 1. The van der Waals surface area contributed by atoms with E-state index < -0.39 is 0 Å². The first kappa shape index (κ1) is 17.5. The fourth-order valence-electron chi connectivity index (χ4n) is 1.69. The summed E-state index contributed by atoms with van der Waals surface area (Å²) in [5.41, 5.74) is 0.610. The molecule has 0 aliphatic heterocycles. The van der Waals surface area contributed by atoms with Crippen LogP contribution in [0.5, 0.6) is 0 Å². The van der Waals surface area contributed by atoms with Gasteiger partial charge in [-0.1, -0.05) is 23.7 Å². The quantitative estimate of drug-likeness (QED) is 0.750. The number of carbonyl (C=O) groups excluding carboxylic acids is 2. The molecule has 0 aromatic heterocycles. The van der Waals surface area contributed by atoms with Crippen molar-refractivity contribution < 1.29 is 14.3 Å². The average Bonchev–Trinajstić information content (AvgIpc) is 2.46. The number of hydrogen-bond acceptors (Lipinski definition) is 4. The van der Waals surface area contributed by atoms with Crippen LogP contribution in [0, 0.1) is 0 Å². The highest BCUT2D eigenvalue weighted by atomic mass is 35.5. The number of benzene rings is 1. The third kappa shape index (κ3) is 7.11. The van der Waals surface area contributed by atoms with Gasteiger partial charge in [0, 0.05) is 19.5 Å². The second kappa shape index (κ2) is 9.37. The zero-order chi connectivity index (χ0) is 15.7. The van der Waals surface area contributed by atoms with Crippen molar-refractivity contribution in [3.05, 3.63) is 29.3 Å². The minimum Gasteiger partial charge on any atom is -0.466 e. The second-order valence-electron chi connectivity index (χ2n) is 4.64. The number of nitrogens with zero attached hydrogens (tertiary/aromatic N) is 1. The Hall–Kier alpha value is -1.59. The molecule has 1 aromatic carbocycles. The molecule has 0 aliphatic carbocycles. The Labute approximate surface area is 130 Å². The van der Waals surface area contributed by atoms with E-state index in [1.807, 2.05) is 18.0 Å². The molecule has 1 aromatic rings. The van der Waals surface area contributed by atoms with E-state index in [1.165, 1.54) is 0 Å². The molecule has 0 atom stereocenters. The van der Waals surface area contributed by atoms with Crippen molar-refractivity contribution in [3.63, 3.8) is 0 Å². The highest BCUT2D eigenvalue weighted by Gasteiger charge is 2.09. The fourth-order valence-corrected chi connectivity index (χ4v) is 1.88. The highest BCUT2D eigenvalue weighted by Crippen LogP contribution is 2.20. The summed E-state index contributed by atoms with van der Waals surface area (Å²) in [6.45, 7) is 3.30. The summed E-state index contributed by atoms with van der Waals surface area (Å²) in [6, 6.07) is 7.10. The predicted molar refractivity (Wildman–Crippen MR) is 83.4 cm³/mol. The van der Waals surface area contributed by atoms with Gasteiger partial charge < -0.3 is 15.0 Å². The fraction of sp³-hybridized carbons (Fsp3) is 0.467. The Bertz CT molecular complexity index is 480. The first-order valence-electron chi connectivity index (χ1n) is 6.91. The molecule has 1 rings (SSSR count). The van der Waals surface area contributed by atoms with E-state index in [1.54, 1.807) is 25.1 Å². The molecule has 0 fully saturated rings. The zero-order valence-electron chi connectivity index (χ0n) is 12.4. The Morgan fingerprint density at radius 1 is 1.24 bits per heavy atom. The van der Waals surface area contributed by atoms with Crippen LogP contribution in [0.25, 0.3) is 0 Å². The Balaban J connectivity index is 2.26. The van der Waals surface area contributed by atoms with Crippen LogP contribution in [-0.2, 0) is 14.3 Å². The van der Waals surface area contributed by atoms with Crippen molar-refractivity contribution in [3.8, 4) is 0 Å². The highest BCUT2D eigenvalue weighted by molar-refractivity contribution is 6.33. The Kier molecular flexibility index (Phi) is 7.79. The van der Waals surface area contributed by atoms with Gasteiger partial charge in [0.2, 0.25) is 5.91 Å². The van der Waals surface area contributed by atoms with E-state index in [0.29, 0.717) is 43.2 Å². The van der Waals surface area contributed by atoms with E-state index in [-0.39, 0.29) is 11.9 Å². The van der Waals surface area contributed by atoms with Crippen LogP contribution in [0.3, 0.4) is 0 Å². The summed E-state index contributed by atoms with van der Waals surface area (Å²) < 4.78 is 4.85. The first-order chi connectivity index (χ1) is 10.0. The number of anilines is 1. The molecule has 1 N–H and O–H groups in total. The van der Waals surface area contributed by atoms with Crippen LogP contribution in [0.4, 0.5) is 5.69 Å². The van der Waals surface area contributed by atoms with Gasteiger partial charge in [-0.25, -0.2) is 0 Å². The summed E-state index contributed by atoms with van der Waals surface area (Å²) in [5.74, 6) is -0.323. The SMILES string of the molecule is CCOC(=O)CCN(C)CCC(=O)Nc1ccccc1Cl. The van der Waals surface area contributed by atoms with Gasteiger partial charge in [-0.3, -0.25) is 9.59 Å². The monoisotopic (exact) mass is 312 g/mol. The Morgan fingerprint density at radius 3 is 2.57 bits per heavy atom. The number of nitrogens with one attached hydrogen (secondary N) is 1. The molecule has 0 heterocycles. The van der Waals surface area contributed by atoms with Gasteiger partial charge in [0.15, 0.2) is 0 Å². The number of ether oxygens (including phenoxy) is 1. The van der Waals surface area contributed by atoms with Crippen LogP contribution < -0.4 is 5.32 Å². The number of amides is 1. The molecule has 116 valence electrons. The van der Waals surface area contributed by atoms with E-state index in [9.17, 15) is 9.59 Å². The van der Waals surface area contributed by atoms with Crippen molar-refractivity contribution in [1.29, 1.82) is 0 Å². The van der Waals surface area contributed by atoms with Crippen LogP contribution in [-0.4, -0.2) is 43.5 Å². The third-order valence-corrected chi connectivity index (χ3v) is 3.20. The smallest absolute Gasteiger partial charge is 0.307 e. The lowest BCUT2D eigenvalue weighted by molar-refractivity contribution is -0.143. The molecular weight excluding hydrogens is 292 g/mol. The number of rotatable bonds is 8. The topological polar surface area (TPSA) is 58.6 Å². The van der Waals surface area contributed by atoms with Crippen molar-refractivity contribution in [1.82, 2.24) is 4.90 Å². The molecule has 0 bridgehead atoms. The van der Waals surface area contributed by atoms with Gasteiger partial charge >= 0.3 is 5.97 Å². The number of halogens is 1. The van der Waals surface area contributed by atoms with E-state index in [2.05, 4.69) is 5.32 Å². The lowest BCUT2D eigenvalue weighted by atomic mass is 10.3. The van der Waals surface area contributed by atoms with Gasteiger partial charge in [0.1, 0.15) is 0 Å². The third-order valence-electron chi connectivity index (χ3n) is 2.87. The predicted octanol–water partition coefficient (Wildman–Crippen LogP) is 2.55. The average molecular weight is 313 g/mol. The number of hydrogen-bond donors (Lipinski definition) is 1. The zero-order valence-corrected chi connectivity index (χ0v) is 13.2. The van der Waals surface area contributed by atoms with Crippen LogP contribution >= 0.6 is 11.6 Å². The maximum absolute atomic E-state index is 11.8.